The first-order valence-corrected chi connectivity index (χ1v) is 8.98. The standard InChI is InChI=1S/C19H24N2O3/c22-17-15-5-1-2-6-16(15)19(7-3-4-8-19)18(23)21(17)10-9-20-11-13-24-14-12-20/h1-2,5-6H,3-4,7-14H2. The highest BCUT2D eigenvalue weighted by Gasteiger charge is 2.51. The first kappa shape index (κ1) is 15.8. The Morgan fingerprint density at radius 2 is 1.71 bits per heavy atom. The highest BCUT2D eigenvalue weighted by molar-refractivity contribution is 6.13. The van der Waals surface area contributed by atoms with Gasteiger partial charge in [0, 0.05) is 31.7 Å². The molecule has 0 aromatic heterocycles. The number of ether oxygens (including phenoxy) is 1. The summed E-state index contributed by atoms with van der Waals surface area (Å²) in [5.41, 5.74) is 1.22. The normalized spacial score (nSPS) is 23.8. The van der Waals surface area contributed by atoms with Gasteiger partial charge in [-0.25, -0.2) is 0 Å². The highest BCUT2D eigenvalue weighted by Crippen LogP contribution is 2.46. The zero-order chi connectivity index (χ0) is 16.6. The van der Waals surface area contributed by atoms with Crippen LogP contribution in [0.5, 0.6) is 0 Å². The van der Waals surface area contributed by atoms with Crippen molar-refractivity contribution >= 4 is 11.8 Å². The molecule has 3 aliphatic rings. The second-order valence-corrected chi connectivity index (χ2v) is 7.05. The molecule has 0 unspecified atom stereocenters. The van der Waals surface area contributed by atoms with Gasteiger partial charge in [-0.15, -0.1) is 0 Å². The number of hydrogen-bond acceptors (Lipinski definition) is 4. The van der Waals surface area contributed by atoms with Gasteiger partial charge in [0.25, 0.3) is 5.91 Å². The lowest BCUT2D eigenvalue weighted by Gasteiger charge is -2.40. The Morgan fingerprint density at radius 1 is 1.00 bits per heavy atom. The molecule has 0 bridgehead atoms. The van der Waals surface area contributed by atoms with E-state index in [1.807, 2.05) is 24.3 Å². The Balaban J connectivity index is 1.61. The summed E-state index contributed by atoms with van der Waals surface area (Å²) >= 11 is 0. The molecule has 1 saturated heterocycles. The first-order valence-electron chi connectivity index (χ1n) is 8.98. The molecule has 128 valence electrons. The van der Waals surface area contributed by atoms with Gasteiger partial charge in [-0.3, -0.25) is 19.4 Å². The fourth-order valence-electron chi connectivity index (χ4n) is 4.43. The molecule has 0 atom stereocenters. The predicted octanol–water partition coefficient (Wildman–Crippen LogP) is 1.81. The van der Waals surface area contributed by atoms with Crippen LogP contribution in [-0.4, -0.2) is 61.0 Å². The Hall–Kier alpha value is -1.72. The SMILES string of the molecule is O=C1c2ccccc2C2(CCCC2)C(=O)N1CCN1CCOCC1. The summed E-state index contributed by atoms with van der Waals surface area (Å²) in [5.74, 6) is -0.0988. The number of fused-ring (bicyclic) bond motifs is 2. The van der Waals surface area contributed by atoms with Gasteiger partial charge in [-0.1, -0.05) is 31.0 Å². The topological polar surface area (TPSA) is 49.9 Å². The second-order valence-electron chi connectivity index (χ2n) is 7.05. The lowest BCUT2D eigenvalue weighted by molar-refractivity contribution is -0.135. The van der Waals surface area contributed by atoms with E-state index in [1.54, 1.807) is 0 Å². The fraction of sp³-hybridized carbons (Fsp3) is 0.579. The smallest absolute Gasteiger partial charge is 0.260 e. The van der Waals surface area contributed by atoms with Crippen LogP contribution in [0.25, 0.3) is 0 Å². The molecule has 2 heterocycles. The molecule has 1 aromatic carbocycles. The summed E-state index contributed by atoms with van der Waals surface area (Å²) in [6.45, 7) is 4.42. The molecule has 5 nitrogen and oxygen atoms in total. The number of rotatable bonds is 3. The number of hydrogen-bond donors (Lipinski definition) is 0. The van der Waals surface area contributed by atoms with Gasteiger partial charge in [0.05, 0.1) is 18.6 Å². The van der Waals surface area contributed by atoms with Crippen molar-refractivity contribution in [1.82, 2.24) is 9.80 Å². The van der Waals surface area contributed by atoms with Gasteiger partial charge in [0.15, 0.2) is 0 Å². The van der Waals surface area contributed by atoms with Gasteiger partial charge in [-0.05, 0) is 24.5 Å². The Kier molecular flexibility index (Phi) is 4.14. The van der Waals surface area contributed by atoms with E-state index < -0.39 is 5.41 Å². The van der Waals surface area contributed by atoms with Crippen molar-refractivity contribution in [3.05, 3.63) is 35.4 Å². The number of carbonyl (C=O) groups is 2. The van der Waals surface area contributed by atoms with Gasteiger partial charge in [-0.2, -0.15) is 0 Å². The maximum Gasteiger partial charge on any atom is 0.260 e. The third-order valence-electron chi connectivity index (χ3n) is 5.77. The van der Waals surface area contributed by atoms with Crippen LogP contribution in [0.1, 0.15) is 41.6 Å². The number of nitrogens with zero attached hydrogens (tertiary/aromatic N) is 2. The van der Waals surface area contributed by atoms with E-state index in [-0.39, 0.29) is 11.8 Å². The van der Waals surface area contributed by atoms with E-state index in [1.165, 1.54) is 4.90 Å². The number of benzene rings is 1. The Labute approximate surface area is 142 Å². The summed E-state index contributed by atoms with van der Waals surface area (Å²) in [6.07, 6.45) is 3.85. The molecule has 2 aliphatic heterocycles. The molecule has 1 spiro atoms. The van der Waals surface area contributed by atoms with Crippen LogP contribution in [0.3, 0.4) is 0 Å². The summed E-state index contributed by atoms with van der Waals surface area (Å²) in [7, 11) is 0. The third-order valence-corrected chi connectivity index (χ3v) is 5.77. The van der Waals surface area contributed by atoms with Gasteiger partial charge in [0.1, 0.15) is 0 Å². The molecule has 1 aromatic rings. The minimum Gasteiger partial charge on any atom is -0.379 e. The molecular formula is C19H24N2O3. The van der Waals surface area contributed by atoms with Crippen LogP contribution in [0, 0.1) is 0 Å². The van der Waals surface area contributed by atoms with Crippen molar-refractivity contribution in [2.45, 2.75) is 31.1 Å². The molecule has 0 N–H and O–H groups in total. The second kappa shape index (κ2) is 6.30. The largest absolute Gasteiger partial charge is 0.379 e. The van der Waals surface area contributed by atoms with Crippen molar-refractivity contribution in [3.63, 3.8) is 0 Å². The van der Waals surface area contributed by atoms with E-state index in [4.69, 9.17) is 4.74 Å². The molecule has 5 heteroatoms. The van der Waals surface area contributed by atoms with Crippen LogP contribution in [0.4, 0.5) is 0 Å². The molecule has 1 saturated carbocycles. The number of morpholine rings is 1. The van der Waals surface area contributed by atoms with Crippen molar-refractivity contribution in [2.24, 2.45) is 0 Å². The predicted molar refractivity (Wildman–Crippen MR) is 89.9 cm³/mol. The first-order chi connectivity index (χ1) is 11.7. The lowest BCUT2D eigenvalue weighted by Crippen LogP contribution is -2.55. The summed E-state index contributed by atoms with van der Waals surface area (Å²) in [6, 6.07) is 7.71. The van der Waals surface area contributed by atoms with E-state index in [0.29, 0.717) is 6.54 Å². The summed E-state index contributed by atoms with van der Waals surface area (Å²) < 4.78 is 5.37. The van der Waals surface area contributed by atoms with Crippen LogP contribution in [0.15, 0.2) is 24.3 Å². The van der Waals surface area contributed by atoms with Gasteiger partial charge in [0.2, 0.25) is 5.91 Å². The average molecular weight is 328 g/mol. The molecule has 0 radical (unpaired) electrons. The molecular weight excluding hydrogens is 304 g/mol. The number of amides is 2. The zero-order valence-corrected chi connectivity index (χ0v) is 14.0. The van der Waals surface area contributed by atoms with Crippen molar-refractivity contribution in [2.75, 3.05) is 39.4 Å². The highest BCUT2D eigenvalue weighted by atomic mass is 16.5. The van der Waals surface area contributed by atoms with Crippen molar-refractivity contribution < 1.29 is 14.3 Å². The molecule has 2 amide bonds. The van der Waals surface area contributed by atoms with Crippen molar-refractivity contribution in [3.8, 4) is 0 Å². The lowest BCUT2D eigenvalue weighted by atomic mass is 9.72. The van der Waals surface area contributed by atoms with Gasteiger partial charge >= 0.3 is 0 Å². The minimum absolute atomic E-state index is 0.0250. The van der Waals surface area contributed by atoms with Crippen LogP contribution < -0.4 is 0 Å². The quantitative estimate of drug-likeness (QED) is 0.794. The summed E-state index contributed by atoms with van der Waals surface area (Å²) in [5, 5.41) is 0. The number of imide groups is 1. The molecule has 4 rings (SSSR count). The minimum atomic E-state index is -0.463. The summed E-state index contributed by atoms with van der Waals surface area (Å²) in [4.78, 5) is 29.9. The molecule has 24 heavy (non-hydrogen) atoms. The monoisotopic (exact) mass is 328 g/mol. The fourth-order valence-corrected chi connectivity index (χ4v) is 4.43. The molecule has 1 aliphatic carbocycles. The third kappa shape index (κ3) is 2.47. The maximum absolute atomic E-state index is 13.3. The molecule has 2 fully saturated rings. The zero-order valence-electron chi connectivity index (χ0n) is 14.0. The Bertz CT molecular complexity index is 646. The van der Waals surface area contributed by atoms with E-state index in [0.717, 1.165) is 69.7 Å². The van der Waals surface area contributed by atoms with Crippen LogP contribution in [-0.2, 0) is 14.9 Å². The van der Waals surface area contributed by atoms with E-state index in [9.17, 15) is 9.59 Å². The average Bonchev–Trinajstić information content (AvgIpc) is 3.12. The van der Waals surface area contributed by atoms with E-state index in [2.05, 4.69) is 4.90 Å². The Morgan fingerprint density at radius 3 is 2.46 bits per heavy atom. The van der Waals surface area contributed by atoms with E-state index >= 15 is 0 Å². The van der Waals surface area contributed by atoms with Crippen LogP contribution >= 0.6 is 0 Å². The van der Waals surface area contributed by atoms with Crippen LogP contribution in [0.2, 0.25) is 0 Å². The van der Waals surface area contributed by atoms with Crippen molar-refractivity contribution in [1.29, 1.82) is 0 Å². The maximum atomic E-state index is 13.3. The number of carbonyl (C=O) groups excluding carboxylic acids is 2. The van der Waals surface area contributed by atoms with Gasteiger partial charge < -0.3 is 4.74 Å².